The number of nitrogens with one attached hydrogen (secondary N) is 1. The third kappa shape index (κ3) is 3.22. The Hall–Kier alpha value is -1.75. The highest BCUT2D eigenvalue weighted by molar-refractivity contribution is 9.10. The van der Waals surface area contributed by atoms with Gasteiger partial charge in [0.25, 0.3) is 5.91 Å². The Morgan fingerprint density at radius 1 is 1.15 bits per heavy atom. The zero-order valence-corrected chi connectivity index (χ0v) is 12.2. The number of carbonyl (C=O) groups excluding carboxylic acids is 1. The van der Waals surface area contributed by atoms with Crippen LogP contribution >= 0.6 is 15.9 Å². The molecule has 1 N–H and O–H groups in total. The number of hydrogen-bond donors (Lipinski definition) is 1. The van der Waals surface area contributed by atoms with Crippen molar-refractivity contribution in [2.75, 3.05) is 0 Å². The van der Waals surface area contributed by atoms with Crippen LogP contribution in [0.25, 0.3) is 0 Å². The van der Waals surface area contributed by atoms with Crippen molar-refractivity contribution in [2.24, 2.45) is 0 Å². The minimum absolute atomic E-state index is 0.283. The fourth-order valence-corrected chi connectivity index (χ4v) is 2.25. The lowest BCUT2D eigenvalue weighted by Gasteiger charge is -2.15. The van der Waals surface area contributed by atoms with Crippen LogP contribution in [0.2, 0.25) is 0 Å². The Labute approximate surface area is 123 Å². The highest BCUT2D eigenvalue weighted by Gasteiger charge is 2.14. The maximum Gasteiger partial charge on any atom is 0.252 e. The van der Waals surface area contributed by atoms with E-state index in [2.05, 4.69) is 21.2 Å². The molecule has 2 nitrogen and oxygen atoms in total. The number of rotatable bonds is 3. The van der Waals surface area contributed by atoms with Crippen LogP contribution in [0.15, 0.2) is 46.9 Å². The third-order valence-corrected chi connectivity index (χ3v) is 3.60. The molecule has 20 heavy (non-hydrogen) atoms. The smallest absolute Gasteiger partial charge is 0.252 e. The van der Waals surface area contributed by atoms with Crippen molar-refractivity contribution in [1.82, 2.24) is 5.32 Å². The largest absolute Gasteiger partial charge is 0.345 e. The summed E-state index contributed by atoms with van der Waals surface area (Å²) in [5.41, 5.74) is 0.992. The van der Waals surface area contributed by atoms with Crippen LogP contribution in [0.4, 0.5) is 8.78 Å². The number of amides is 1. The average Bonchev–Trinajstić information content (AvgIpc) is 2.42. The molecule has 0 bridgehead atoms. The predicted octanol–water partition coefficient (Wildman–Crippen LogP) is 4.22. The first-order valence-electron chi connectivity index (χ1n) is 5.99. The van der Waals surface area contributed by atoms with E-state index >= 15 is 0 Å². The van der Waals surface area contributed by atoms with Crippen molar-refractivity contribution in [1.29, 1.82) is 0 Å². The summed E-state index contributed by atoms with van der Waals surface area (Å²) in [5.74, 6) is -2.11. The monoisotopic (exact) mass is 339 g/mol. The summed E-state index contributed by atoms with van der Waals surface area (Å²) in [6.07, 6.45) is 0. The van der Waals surface area contributed by atoms with Gasteiger partial charge in [0.15, 0.2) is 11.6 Å². The molecule has 0 spiro atoms. The molecule has 1 atom stereocenters. The Kier molecular flexibility index (Phi) is 4.49. The second-order valence-corrected chi connectivity index (χ2v) is 5.20. The summed E-state index contributed by atoms with van der Waals surface area (Å²) < 4.78 is 26.7. The predicted molar refractivity (Wildman–Crippen MR) is 76.4 cm³/mol. The number of benzene rings is 2. The molecule has 0 saturated heterocycles. The van der Waals surface area contributed by atoms with Crippen LogP contribution in [-0.2, 0) is 0 Å². The molecule has 0 aliphatic carbocycles. The van der Waals surface area contributed by atoms with E-state index in [0.29, 0.717) is 15.6 Å². The molecule has 0 fully saturated rings. The quantitative estimate of drug-likeness (QED) is 0.891. The van der Waals surface area contributed by atoms with E-state index in [1.807, 2.05) is 0 Å². The lowest BCUT2D eigenvalue weighted by atomic mass is 10.1. The molecule has 2 aromatic carbocycles. The Bertz CT molecular complexity index is 646. The molecule has 1 unspecified atom stereocenters. The van der Waals surface area contributed by atoms with Crippen molar-refractivity contribution in [3.8, 4) is 0 Å². The SMILES string of the molecule is CC(NC(=O)c1ccccc1Br)c1ccc(F)c(F)c1. The molecule has 0 heterocycles. The summed E-state index contributed by atoms with van der Waals surface area (Å²) >= 11 is 3.29. The van der Waals surface area contributed by atoms with Gasteiger partial charge in [0.1, 0.15) is 0 Å². The summed E-state index contributed by atoms with van der Waals surface area (Å²) in [6.45, 7) is 1.71. The van der Waals surface area contributed by atoms with Crippen molar-refractivity contribution in [3.63, 3.8) is 0 Å². The van der Waals surface area contributed by atoms with Gasteiger partial charge in [0.05, 0.1) is 11.6 Å². The van der Waals surface area contributed by atoms with E-state index < -0.39 is 17.7 Å². The van der Waals surface area contributed by atoms with Crippen LogP contribution in [0.5, 0.6) is 0 Å². The van der Waals surface area contributed by atoms with Gasteiger partial charge in [-0.25, -0.2) is 8.78 Å². The number of halogens is 3. The summed E-state index contributed by atoms with van der Waals surface area (Å²) in [7, 11) is 0. The van der Waals surface area contributed by atoms with Crippen molar-refractivity contribution in [2.45, 2.75) is 13.0 Å². The third-order valence-electron chi connectivity index (χ3n) is 2.91. The fourth-order valence-electron chi connectivity index (χ4n) is 1.78. The number of hydrogen-bond acceptors (Lipinski definition) is 1. The molecule has 0 aliphatic heterocycles. The molecule has 0 radical (unpaired) electrons. The molecular formula is C15H12BrF2NO. The molecular weight excluding hydrogens is 328 g/mol. The Balaban J connectivity index is 2.15. The molecule has 104 valence electrons. The topological polar surface area (TPSA) is 29.1 Å². The van der Waals surface area contributed by atoms with Gasteiger partial charge in [0, 0.05) is 4.47 Å². The Morgan fingerprint density at radius 3 is 2.50 bits per heavy atom. The molecule has 2 rings (SSSR count). The minimum Gasteiger partial charge on any atom is -0.345 e. The van der Waals surface area contributed by atoms with Gasteiger partial charge in [-0.15, -0.1) is 0 Å². The summed E-state index contributed by atoms with van der Waals surface area (Å²) in [6, 6.07) is 10.1. The molecule has 5 heteroatoms. The Morgan fingerprint density at radius 2 is 1.85 bits per heavy atom. The van der Waals surface area contributed by atoms with Gasteiger partial charge in [-0.3, -0.25) is 4.79 Å². The standard InChI is InChI=1S/C15H12BrF2NO/c1-9(10-6-7-13(17)14(18)8-10)19-15(20)11-4-2-3-5-12(11)16/h2-9H,1H3,(H,19,20). The van der Waals surface area contributed by atoms with Crippen molar-refractivity contribution >= 4 is 21.8 Å². The van der Waals surface area contributed by atoms with Crippen LogP contribution < -0.4 is 5.32 Å². The molecule has 1 amide bonds. The van der Waals surface area contributed by atoms with E-state index in [4.69, 9.17) is 0 Å². The average molecular weight is 340 g/mol. The van der Waals surface area contributed by atoms with E-state index in [9.17, 15) is 13.6 Å². The first kappa shape index (κ1) is 14.7. The van der Waals surface area contributed by atoms with Crippen LogP contribution in [0.3, 0.4) is 0 Å². The van der Waals surface area contributed by atoms with E-state index in [-0.39, 0.29) is 5.91 Å². The second kappa shape index (κ2) is 6.13. The normalized spacial score (nSPS) is 12.0. The summed E-state index contributed by atoms with van der Waals surface area (Å²) in [5, 5.41) is 2.74. The summed E-state index contributed by atoms with van der Waals surface area (Å²) in [4.78, 5) is 12.1. The van der Waals surface area contributed by atoms with Gasteiger partial charge in [0.2, 0.25) is 0 Å². The lowest BCUT2D eigenvalue weighted by molar-refractivity contribution is 0.0939. The van der Waals surface area contributed by atoms with E-state index in [1.54, 1.807) is 31.2 Å². The zero-order valence-electron chi connectivity index (χ0n) is 10.7. The van der Waals surface area contributed by atoms with Crippen LogP contribution in [0.1, 0.15) is 28.9 Å². The van der Waals surface area contributed by atoms with Gasteiger partial charge < -0.3 is 5.32 Å². The molecule has 0 aromatic heterocycles. The molecule has 2 aromatic rings. The maximum absolute atomic E-state index is 13.2. The van der Waals surface area contributed by atoms with Gasteiger partial charge >= 0.3 is 0 Å². The van der Waals surface area contributed by atoms with Crippen LogP contribution in [-0.4, -0.2) is 5.91 Å². The van der Waals surface area contributed by atoms with Crippen molar-refractivity contribution in [3.05, 3.63) is 69.7 Å². The number of carbonyl (C=O) groups is 1. The van der Waals surface area contributed by atoms with E-state index in [1.165, 1.54) is 6.07 Å². The molecule has 0 aliphatic rings. The minimum atomic E-state index is -0.926. The van der Waals surface area contributed by atoms with Crippen LogP contribution in [0, 0.1) is 11.6 Å². The highest BCUT2D eigenvalue weighted by Crippen LogP contribution is 2.19. The first-order chi connectivity index (χ1) is 9.49. The highest BCUT2D eigenvalue weighted by atomic mass is 79.9. The fraction of sp³-hybridized carbons (Fsp3) is 0.133. The van der Waals surface area contributed by atoms with Gasteiger partial charge in [-0.2, -0.15) is 0 Å². The van der Waals surface area contributed by atoms with Crippen molar-refractivity contribution < 1.29 is 13.6 Å². The second-order valence-electron chi connectivity index (χ2n) is 4.35. The lowest BCUT2D eigenvalue weighted by Crippen LogP contribution is -2.27. The van der Waals surface area contributed by atoms with Gasteiger partial charge in [-0.05, 0) is 52.7 Å². The molecule has 0 saturated carbocycles. The van der Waals surface area contributed by atoms with E-state index in [0.717, 1.165) is 12.1 Å². The first-order valence-corrected chi connectivity index (χ1v) is 6.78. The maximum atomic E-state index is 13.2. The zero-order chi connectivity index (χ0) is 14.7. The van der Waals surface area contributed by atoms with Gasteiger partial charge in [-0.1, -0.05) is 18.2 Å².